The monoisotopic (exact) mass is 306 g/mol. The number of nitrogen functional groups attached to an aromatic ring is 1. The van der Waals surface area contributed by atoms with Crippen molar-refractivity contribution < 1.29 is 13.2 Å². The van der Waals surface area contributed by atoms with Gasteiger partial charge in [-0.1, -0.05) is 41.4 Å². The highest BCUT2D eigenvalue weighted by atomic mass is 35.5. The minimum atomic E-state index is -4.50. The number of halogens is 5. The molecular weight excluding hydrogens is 300 g/mol. The van der Waals surface area contributed by atoms with E-state index in [-0.39, 0.29) is 27.1 Å². The topological polar surface area (TPSA) is 38.9 Å². The number of hydrogen-bond acceptors (Lipinski definition) is 2. The van der Waals surface area contributed by atoms with Crippen molar-refractivity contribution in [3.05, 3.63) is 45.9 Å². The second-order valence-corrected chi connectivity index (χ2v) is 4.54. The molecule has 7 heteroatoms. The van der Waals surface area contributed by atoms with Gasteiger partial charge in [0.2, 0.25) is 0 Å². The predicted octanol–water partition coefficient (Wildman–Crippen LogP) is 4.66. The van der Waals surface area contributed by atoms with E-state index in [0.29, 0.717) is 0 Å². The number of aromatic nitrogens is 1. The van der Waals surface area contributed by atoms with Crippen LogP contribution in [0.3, 0.4) is 0 Å². The van der Waals surface area contributed by atoms with Crippen LogP contribution < -0.4 is 5.73 Å². The molecule has 2 N–H and O–H groups in total. The summed E-state index contributed by atoms with van der Waals surface area (Å²) in [6.07, 6.45) is -4.50. The van der Waals surface area contributed by atoms with Crippen molar-refractivity contribution >= 4 is 29.0 Å². The van der Waals surface area contributed by atoms with Gasteiger partial charge in [-0.25, -0.2) is 4.98 Å². The van der Waals surface area contributed by atoms with Crippen LogP contribution in [0.5, 0.6) is 0 Å². The first kappa shape index (κ1) is 14.0. The molecule has 0 amide bonds. The molecule has 2 aromatic rings. The van der Waals surface area contributed by atoms with Crippen LogP contribution in [0.25, 0.3) is 11.3 Å². The first-order valence-electron chi connectivity index (χ1n) is 5.09. The highest BCUT2D eigenvalue weighted by Gasteiger charge is 2.34. The zero-order valence-electron chi connectivity index (χ0n) is 9.30. The summed E-state index contributed by atoms with van der Waals surface area (Å²) in [5, 5.41) is 0.106. The van der Waals surface area contributed by atoms with E-state index in [1.165, 1.54) is 24.3 Å². The maximum absolute atomic E-state index is 12.9. The Bertz CT molecular complexity index is 627. The number of nitrogens with two attached hydrogens (primary N) is 1. The van der Waals surface area contributed by atoms with Crippen molar-refractivity contribution in [2.24, 2.45) is 0 Å². The molecule has 0 bridgehead atoms. The van der Waals surface area contributed by atoms with Gasteiger partial charge in [-0.15, -0.1) is 0 Å². The van der Waals surface area contributed by atoms with Crippen LogP contribution in [0, 0.1) is 0 Å². The molecule has 0 spiro atoms. The number of nitrogens with zero attached hydrogens (tertiary/aromatic N) is 1. The van der Waals surface area contributed by atoms with Gasteiger partial charge in [0.1, 0.15) is 5.82 Å². The number of rotatable bonds is 1. The van der Waals surface area contributed by atoms with Crippen LogP contribution >= 0.6 is 23.2 Å². The minimum Gasteiger partial charge on any atom is -0.382 e. The minimum absolute atomic E-state index is 0.0101. The number of hydrogen-bond donors (Lipinski definition) is 1. The average molecular weight is 307 g/mol. The molecule has 0 atom stereocenters. The van der Waals surface area contributed by atoms with Gasteiger partial charge >= 0.3 is 6.18 Å². The summed E-state index contributed by atoms with van der Waals surface area (Å²) in [7, 11) is 0. The number of benzene rings is 1. The zero-order chi connectivity index (χ0) is 14.2. The Morgan fingerprint density at radius 3 is 2.32 bits per heavy atom. The van der Waals surface area contributed by atoms with Crippen molar-refractivity contribution in [1.29, 1.82) is 0 Å². The first-order chi connectivity index (χ1) is 8.80. The van der Waals surface area contributed by atoms with Crippen LogP contribution in [0.4, 0.5) is 19.0 Å². The lowest BCUT2D eigenvalue weighted by Crippen LogP contribution is -2.08. The van der Waals surface area contributed by atoms with Crippen molar-refractivity contribution in [2.45, 2.75) is 6.18 Å². The third-order valence-corrected chi connectivity index (χ3v) is 3.04. The third kappa shape index (κ3) is 2.77. The Hall–Kier alpha value is -1.46. The lowest BCUT2D eigenvalue weighted by atomic mass is 10.0. The number of pyridine rings is 1. The number of anilines is 1. The van der Waals surface area contributed by atoms with Crippen LogP contribution in [0.15, 0.2) is 30.3 Å². The molecule has 1 aromatic heterocycles. The van der Waals surface area contributed by atoms with Gasteiger partial charge in [-0.3, -0.25) is 0 Å². The summed E-state index contributed by atoms with van der Waals surface area (Å²) >= 11 is 11.6. The van der Waals surface area contributed by atoms with Crippen LogP contribution in [0.1, 0.15) is 5.56 Å². The molecular formula is C12H7Cl2F3N2. The zero-order valence-corrected chi connectivity index (χ0v) is 10.8. The van der Waals surface area contributed by atoms with E-state index in [4.69, 9.17) is 28.9 Å². The van der Waals surface area contributed by atoms with Crippen LogP contribution in [-0.4, -0.2) is 4.98 Å². The lowest BCUT2D eigenvalue weighted by molar-refractivity contribution is -0.137. The molecule has 0 saturated carbocycles. The Balaban J connectivity index is 2.70. The van der Waals surface area contributed by atoms with E-state index in [9.17, 15) is 13.2 Å². The second-order valence-electron chi connectivity index (χ2n) is 3.73. The molecule has 0 aliphatic heterocycles. The first-order valence-corrected chi connectivity index (χ1v) is 5.84. The Morgan fingerprint density at radius 2 is 1.68 bits per heavy atom. The molecule has 1 heterocycles. The Labute approximate surface area is 117 Å². The van der Waals surface area contributed by atoms with E-state index in [1.807, 2.05) is 0 Å². The van der Waals surface area contributed by atoms with Crippen LogP contribution in [-0.2, 0) is 6.18 Å². The van der Waals surface area contributed by atoms with Gasteiger partial charge in [0.25, 0.3) is 0 Å². The standard InChI is InChI=1S/C12H7Cl2F3N2/c13-8-5-9(14)11(18)19-10(8)6-3-1-2-4-7(6)12(15,16)17/h1-5H,(H2,18,19). The molecule has 0 unspecified atom stereocenters. The van der Waals surface area contributed by atoms with E-state index in [1.54, 1.807) is 0 Å². The molecule has 0 radical (unpaired) electrons. The number of alkyl halides is 3. The molecule has 2 nitrogen and oxygen atoms in total. The normalized spacial score (nSPS) is 11.6. The maximum Gasteiger partial charge on any atom is 0.417 e. The maximum atomic E-state index is 12.9. The fourth-order valence-corrected chi connectivity index (χ4v) is 2.07. The van der Waals surface area contributed by atoms with Gasteiger partial charge in [0.15, 0.2) is 0 Å². The van der Waals surface area contributed by atoms with E-state index in [0.717, 1.165) is 6.07 Å². The van der Waals surface area contributed by atoms with Crippen molar-refractivity contribution in [3.63, 3.8) is 0 Å². The smallest absolute Gasteiger partial charge is 0.382 e. The Kier molecular flexibility index (Phi) is 3.60. The van der Waals surface area contributed by atoms with E-state index >= 15 is 0 Å². The van der Waals surface area contributed by atoms with Crippen LogP contribution in [0.2, 0.25) is 10.0 Å². The molecule has 1 aromatic carbocycles. The summed E-state index contributed by atoms with van der Waals surface area (Å²) in [4.78, 5) is 3.83. The highest BCUT2D eigenvalue weighted by molar-refractivity contribution is 6.37. The third-order valence-electron chi connectivity index (χ3n) is 2.44. The summed E-state index contributed by atoms with van der Waals surface area (Å²) in [5.41, 5.74) is 4.49. The van der Waals surface area contributed by atoms with Gasteiger partial charge in [0, 0.05) is 5.56 Å². The molecule has 2 rings (SSSR count). The molecule has 0 fully saturated rings. The highest BCUT2D eigenvalue weighted by Crippen LogP contribution is 2.39. The largest absolute Gasteiger partial charge is 0.417 e. The average Bonchev–Trinajstić information content (AvgIpc) is 2.33. The fraction of sp³-hybridized carbons (Fsp3) is 0.0833. The second kappa shape index (κ2) is 4.90. The van der Waals surface area contributed by atoms with Gasteiger partial charge in [-0.05, 0) is 12.1 Å². The lowest BCUT2D eigenvalue weighted by Gasteiger charge is -2.13. The molecule has 100 valence electrons. The summed E-state index contributed by atoms with van der Waals surface area (Å²) < 4.78 is 38.8. The van der Waals surface area contributed by atoms with Gasteiger partial charge in [0.05, 0.1) is 21.3 Å². The summed E-state index contributed by atoms with van der Waals surface area (Å²) in [6, 6.07) is 6.27. The van der Waals surface area contributed by atoms with E-state index < -0.39 is 11.7 Å². The molecule has 0 aliphatic rings. The Morgan fingerprint density at radius 1 is 1.05 bits per heavy atom. The summed E-state index contributed by atoms with van der Waals surface area (Å²) in [6.45, 7) is 0. The van der Waals surface area contributed by atoms with E-state index in [2.05, 4.69) is 4.98 Å². The SMILES string of the molecule is Nc1nc(-c2ccccc2C(F)(F)F)c(Cl)cc1Cl. The van der Waals surface area contributed by atoms with Gasteiger partial charge < -0.3 is 5.73 Å². The van der Waals surface area contributed by atoms with Crippen molar-refractivity contribution in [1.82, 2.24) is 4.98 Å². The summed E-state index contributed by atoms with van der Waals surface area (Å²) in [5.74, 6) is -0.0713. The van der Waals surface area contributed by atoms with Crippen molar-refractivity contribution in [3.8, 4) is 11.3 Å². The molecule has 0 aliphatic carbocycles. The molecule has 19 heavy (non-hydrogen) atoms. The van der Waals surface area contributed by atoms with Crippen molar-refractivity contribution in [2.75, 3.05) is 5.73 Å². The fourth-order valence-electron chi connectivity index (χ4n) is 1.61. The predicted molar refractivity (Wildman–Crippen MR) is 69.1 cm³/mol. The quantitative estimate of drug-likeness (QED) is 0.832. The molecule has 0 saturated heterocycles. The van der Waals surface area contributed by atoms with Gasteiger partial charge in [-0.2, -0.15) is 13.2 Å².